The lowest BCUT2D eigenvalue weighted by molar-refractivity contribution is -0.130. The molecule has 0 aromatic heterocycles. The first kappa shape index (κ1) is 7.05. The zero-order valence-electron chi connectivity index (χ0n) is 6.16. The van der Waals surface area contributed by atoms with E-state index in [1.165, 1.54) is 0 Å². The third-order valence-corrected chi connectivity index (χ3v) is 1.40. The van der Waals surface area contributed by atoms with Crippen LogP contribution in [0.15, 0.2) is 5.10 Å². The van der Waals surface area contributed by atoms with E-state index >= 15 is 0 Å². The minimum absolute atomic E-state index is 0.0810. The molecule has 0 fully saturated rings. The van der Waals surface area contributed by atoms with Gasteiger partial charge >= 0.3 is 0 Å². The molecule has 0 spiro atoms. The van der Waals surface area contributed by atoms with Gasteiger partial charge in [0.15, 0.2) is 0 Å². The standard InChI is InChI=1S/C6H11N3O/c1-9(2)6(10)5-3-4-7-8-5/h4-5,8H,3H2,1-2H3. The van der Waals surface area contributed by atoms with Crippen LogP contribution in [0.2, 0.25) is 0 Å². The van der Waals surface area contributed by atoms with Crippen LogP contribution in [0, 0.1) is 0 Å². The van der Waals surface area contributed by atoms with Gasteiger partial charge in [-0.1, -0.05) is 0 Å². The lowest BCUT2D eigenvalue weighted by Gasteiger charge is -2.14. The second-order valence-corrected chi connectivity index (χ2v) is 2.46. The van der Waals surface area contributed by atoms with E-state index in [0.717, 1.165) is 0 Å². The van der Waals surface area contributed by atoms with Crippen molar-refractivity contribution in [3.8, 4) is 0 Å². The highest BCUT2D eigenvalue weighted by atomic mass is 16.2. The van der Waals surface area contributed by atoms with Crippen molar-refractivity contribution in [3.63, 3.8) is 0 Å². The molecular weight excluding hydrogens is 130 g/mol. The van der Waals surface area contributed by atoms with Gasteiger partial charge in [-0.05, 0) is 0 Å². The average molecular weight is 141 g/mol. The summed E-state index contributed by atoms with van der Waals surface area (Å²) in [6, 6.07) is -0.130. The first-order chi connectivity index (χ1) is 4.72. The van der Waals surface area contributed by atoms with E-state index < -0.39 is 0 Å². The normalized spacial score (nSPS) is 22.4. The molecule has 0 saturated carbocycles. The fourth-order valence-electron chi connectivity index (χ4n) is 0.821. The topological polar surface area (TPSA) is 44.7 Å². The number of rotatable bonds is 1. The van der Waals surface area contributed by atoms with Crippen molar-refractivity contribution in [2.45, 2.75) is 12.5 Å². The highest BCUT2D eigenvalue weighted by Crippen LogP contribution is 1.98. The highest BCUT2D eigenvalue weighted by molar-refractivity contribution is 5.85. The summed E-state index contributed by atoms with van der Waals surface area (Å²) in [5, 5.41) is 3.75. The summed E-state index contributed by atoms with van der Waals surface area (Å²) >= 11 is 0. The fourth-order valence-corrected chi connectivity index (χ4v) is 0.821. The van der Waals surface area contributed by atoms with Gasteiger partial charge in [0.2, 0.25) is 5.91 Å². The number of hydrogen-bond donors (Lipinski definition) is 1. The second kappa shape index (κ2) is 2.68. The molecule has 1 N–H and O–H groups in total. The minimum Gasteiger partial charge on any atom is -0.347 e. The van der Waals surface area contributed by atoms with Gasteiger partial charge in [0.25, 0.3) is 0 Å². The van der Waals surface area contributed by atoms with E-state index in [1.54, 1.807) is 25.2 Å². The van der Waals surface area contributed by atoms with E-state index in [2.05, 4.69) is 10.5 Å². The van der Waals surface area contributed by atoms with Crippen LogP contribution in [0.1, 0.15) is 6.42 Å². The van der Waals surface area contributed by atoms with Gasteiger partial charge in [-0.2, -0.15) is 5.10 Å². The van der Waals surface area contributed by atoms with Crippen LogP contribution >= 0.6 is 0 Å². The van der Waals surface area contributed by atoms with Crippen LogP contribution in [0.4, 0.5) is 0 Å². The summed E-state index contributed by atoms with van der Waals surface area (Å²) in [7, 11) is 3.48. The molecule has 1 heterocycles. The predicted octanol–water partition coefficient (Wildman–Crippen LogP) is -0.578. The van der Waals surface area contributed by atoms with Gasteiger partial charge in [-0.3, -0.25) is 10.2 Å². The number of likely N-dealkylation sites (N-methyl/N-ethyl adjacent to an activating group) is 1. The third kappa shape index (κ3) is 1.26. The summed E-state index contributed by atoms with van der Waals surface area (Å²) in [6.45, 7) is 0. The molecule has 0 radical (unpaired) electrons. The second-order valence-electron chi connectivity index (χ2n) is 2.46. The maximum Gasteiger partial charge on any atom is 0.246 e. The molecule has 1 aliphatic rings. The Balaban J connectivity index is 2.43. The molecule has 0 aliphatic carbocycles. The van der Waals surface area contributed by atoms with Crippen LogP contribution in [0.5, 0.6) is 0 Å². The third-order valence-electron chi connectivity index (χ3n) is 1.40. The number of carbonyl (C=O) groups is 1. The summed E-state index contributed by atoms with van der Waals surface area (Å²) in [4.78, 5) is 12.7. The van der Waals surface area contributed by atoms with Gasteiger partial charge in [0, 0.05) is 26.7 Å². The maximum atomic E-state index is 11.1. The van der Waals surface area contributed by atoms with Crippen LogP contribution in [0.3, 0.4) is 0 Å². The first-order valence-electron chi connectivity index (χ1n) is 3.20. The zero-order chi connectivity index (χ0) is 7.56. The van der Waals surface area contributed by atoms with Gasteiger partial charge < -0.3 is 4.90 Å². The van der Waals surface area contributed by atoms with E-state index in [1.807, 2.05) is 0 Å². The molecule has 4 nitrogen and oxygen atoms in total. The molecule has 1 unspecified atom stereocenters. The molecule has 4 heteroatoms. The Labute approximate surface area is 59.9 Å². The maximum absolute atomic E-state index is 11.1. The Kier molecular flexibility index (Phi) is 1.89. The Morgan fingerprint density at radius 3 is 2.90 bits per heavy atom. The van der Waals surface area contributed by atoms with Crippen molar-refractivity contribution >= 4 is 12.1 Å². The van der Waals surface area contributed by atoms with Crippen molar-refractivity contribution in [2.24, 2.45) is 5.10 Å². The number of hydrazone groups is 1. The molecule has 0 bridgehead atoms. The number of nitrogens with zero attached hydrogens (tertiary/aromatic N) is 2. The first-order valence-corrected chi connectivity index (χ1v) is 3.20. The van der Waals surface area contributed by atoms with Crippen LogP contribution in [0.25, 0.3) is 0 Å². The quantitative estimate of drug-likeness (QED) is 0.531. The number of nitrogens with one attached hydrogen (secondary N) is 1. The molecule has 1 atom stereocenters. The van der Waals surface area contributed by atoms with Crippen molar-refractivity contribution in [1.82, 2.24) is 10.3 Å². The van der Waals surface area contributed by atoms with Gasteiger partial charge in [-0.15, -0.1) is 0 Å². The molecule has 1 rings (SSSR count). The van der Waals surface area contributed by atoms with Crippen molar-refractivity contribution in [3.05, 3.63) is 0 Å². The molecule has 10 heavy (non-hydrogen) atoms. The van der Waals surface area contributed by atoms with Crippen molar-refractivity contribution < 1.29 is 4.79 Å². The molecule has 0 aromatic rings. The Morgan fingerprint density at radius 1 is 1.80 bits per heavy atom. The molecule has 1 amide bonds. The van der Waals surface area contributed by atoms with E-state index in [-0.39, 0.29) is 11.9 Å². The number of hydrogen-bond acceptors (Lipinski definition) is 3. The summed E-state index contributed by atoms with van der Waals surface area (Å²) in [5.41, 5.74) is 2.72. The van der Waals surface area contributed by atoms with E-state index in [0.29, 0.717) is 6.42 Å². The van der Waals surface area contributed by atoms with Crippen LogP contribution in [-0.2, 0) is 4.79 Å². The average Bonchev–Trinajstić information content (AvgIpc) is 2.36. The highest BCUT2D eigenvalue weighted by Gasteiger charge is 2.20. The minimum atomic E-state index is -0.130. The van der Waals surface area contributed by atoms with Crippen LogP contribution < -0.4 is 5.43 Å². The summed E-state index contributed by atoms with van der Waals surface area (Å²) in [5.74, 6) is 0.0810. The monoisotopic (exact) mass is 141 g/mol. The Hall–Kier alpha value is -1.06. The number of amides is 1. The largest absolute Gasteiger partial charge is 0.347 e. The van der Waals surface area contributed by atoms with E-state index in [4.69, 9.17) is 0 Å². The lowest BCUT2D eigenvalue weighted by atomic mass is 10.2. The van der Waals surface area contributed by atoms with Crippen LogP contribution in [-0.4, -0.2) is 37.2 Å². The molecule has 0 saturated heterocycles. The zero-order valence-corrected chi connectivity index (χ0v) is 6.16. The van der Waals surface area contributed by atoms with Gasteiger partial charge in [-0.25, -0.2) is 0 Å². The molecule has 1 aliphatic heterocycles. The Bertz CT molecular complexity index is 156. The lowest BCUT2D eigenvalue weighted by Crippen LogP contribution is -2.38. The summed E-state index contributed by atoms with van der Waals surface area (Å²) < 4.78 is 0. The molecular formula is C6H11N3O. The molecule has 56 valence electrons. The van der Waals surface area contributed by atoms with Crippen molar-refractivity contribution in [2.75, 3.05) is 14.1 Å². The van der Waals surface area contributed by atoms with Gasteiger partial charge in [0.05, 0.1) is 0 Å². The predicted molar refractivity (Wildman–Crippen MR) is 38.7 cm³/mol. The smallest absolute Gasteiger partial charge is 0.246 e. The number of carbonyl (C=O) groups excluding carboxylic acids is 1. The fraction of sp³-hybridized carbons (Fsp3) is 0.667. The van der Waals surface area contributed by atoms with E-state index in [9.17, 15) is 4.79 Å². The van der Waals surface area contributed by atoms with Gasteiger partial charge in [0.1, 0.15) is 6.04 Å². The SMILES string of the molecule is CN(C)C(=O)C1CC=NN1. The summed E-state index contributed by atoms with van der Waals surface area (Å²) in [6.07, 6.45) is 2.42. The Morgan fingerprint density at radius 2 is 2.50 bits per heavy atom. The van der Waals surface area contributed by atoms with Crippen molar-refractivity contribution in [1.29, 1.82) is 0 Å². The molecule has 0 aromatic carbocycles.